The quantitative estimate of drug-likeness (QED) is 0.564. The van der Waals surface area contributed by atoms with E-state index >= 15 is 0 Å². The van der Waals surface area contributed by atoms with Gasteiger partial charge in [0.05, 0.1) is 17.4 Å². The van der Waals surface area contributed by atoms with E-state index in [0.717, 1.165) is 34.4 Å². The minimum atomic E-state index is -0.0959. The molecule has 3 unspecified atom stereocenters. The molecule has 1 aliphatic rings. The fraction of sp³-hybridized carbons (Fsp3) is 0.375. The molecule has 1 N–H and O–H groups in total. The molecule has 3 aromatic rings. The van der Waals surface area contributed by atoms with Crippen LogP contribution in [-0.4, -0.2) is 31.8 Å². The van der Waals surface area contributed by atoms with Crippen LogP contribution in [0.15, 0.2) is 59.2 Å². The number of nitrogens with zero attached hydrogens (tertiary/aromatic N) is 4. The number of carbonyl (C=O) groups is 1. The van der Waals surface area contributed by atoms with E-state index in [1.807, 2.05) is 44.4 Å². The average molecular weight is 482 g/mol. The number of anilines is 1. The van der Waals surface area contributed by atoms with Gasteiger partial charge in [-0.05, 0) is 65.9 Å². The molecular formula is C24H28BrN5O. The van der Waals surface area contributed by atoms with Crippen molar-refractivity contribution in [2.45, 2.75) is 45.3 Å². The molecule has 0 saturated carbocycles. The highest BCUT2D eigenvalue weighted by Gasteiger charge is 2.38. The summed E-state index contributed by atoms with van der Waals surface area (Å²) in [5.74, 6) is -0.0344. The Balaban J connectivity index is 1.57. The van der Waals surface area contributed by atoms with E-state index in [2.05, 4.69) is 67.6 Å². The maximum atomic E-state index is 13.2. The topological polar surface area (TPSA) is 63.1 Å². The van der Waals surface area contributed by atoms with Crippen molar-refractivity contribution in [2.75, 3.05) is 5.32 Å². The highest BCUT2D eigenvalue weighted by atomic mass is 79.9. The van der Waals surface area contributed by atoms with Crippen LogP contribution in [0.4, 0.5) is 5.69 Å². The van der Waals surface area contributed by atoms with Gasteiger partial charge >= 0.3 is 0 Å². The molecule has 3 atom stereocenters. The summed E-state index contributed by atoms with van der Waals surface area (Å²) in [6.45, 7) is 5.05. The van der Waals surface area contributed by atoms with Crippen molar-refractivity contribution in [1.82, 2.24) is 19.9 Å². The first kappa shape index (κ1) is 21.7. The molecule has 2 heterocycles. The van der Waals surface area contributed by atoms with Gasteiger partial charge in [0.1, 0.15) is 0 Å². The van der Waals surface area contributed by atoms with Crippen LogP contribution in [0.1, 0.15) is 42.6 Å². The summed E-state index contributed by atoms with van der Waals surface area (Å²) in [5.41, 5.74) is 4.11. The molecule has 1 saturated heterocycles. The van der Waals surface area contributed by atoms with Gasteiger partial charge in [0.25, 0.3) is 0 Å². The fourth-order valence-corrected chi connectivity index (χ4v) is 4.75. The normalized spacial score (nSPS) is 21.7. The summed E-state index contributed by atoms with van der Waals surface area (Å²) in [5, 5.41) is 11.7. The van der Waals surface area contributed by atoms with Crippen LogP contribution in [0.3, 0.4) is 0 Å². The van der Waals surface area contributed by atoms with Crippen molar-refractivity contribution in [1.29, 1.82) is 0 Å². The lowest BCUT2D eigenvalue weighted by atomic mass is 9.84. The number of rotatable bonds is 5. The molecule has 1 aliphatic heterocycles. The summed E-state index contributed by atoms with van der Waals surface area (Å²) >= 11 is 3.55. The van der Waals surface area contributed by atoms with Crippen LogP contribution < -0.4 is 5.32 Å². The second kappa shape index (κ2) is 9.32. The van der Waals surface area contributed by atoms with Crippen LogP contribution >= 0.6 is 15.9 Å². The van der Waals surface area contributed by atoms with Gasteiger partial charge in [-0.15, -0.1) is 5.10 Å². The molecule has 2 aromatic carbocycles. The molecule has 162 valence electrons. The van der Waals surface area contributed by atoms with Gasteiger partial charge in [0.2, 0.25) is 5.91 Å². The van der Waals surface area contributed by atoms with E-state index in [0.29, 0.717) is 6.42 Å². The zero-order chi connectivity index (χ0) is 22.0. The van der Waals surface area contributed by atoms with E-state index in [1.165, 1.54) is 5.56 Å². The first-order valence-corrected chi connectivity index (χ1v) is 11.4. The van der Waals surface area contributed by atoms with Gasteiger partial charge in [-0.2, -0.15) is 0 Å². The van der Waals surface area contributed by atoms with Gasteiger partial charge in [-0.25, -0.2) is 0 Å². The predicted octanol–water partition coefficient (Wildman–Crippen LogP) is 4.87. The van der Waals surface area contributed by atoms with Gasteiger partial charge in [0, 0.05) is 36.2 Å². The maximum absolute atomic E-state index is 13.2. The SMILES string of the molecule is Cc1ccc(Br)c(NC(=O)C2CC(C)N(Cc3ccccc3)C(c3cn(C)nn3)C2)c1. The molecule has 1 amide bonds. The summed E-state index contributed by atoms with van der Waals surface area (Å²) in [6, 6.07) is 16.7. The number of amides is 1. The number of likely N-dealkylation sites (tertiary alicyclic amines) is 1. The number of benzene rings is 2. The number of aryl methyl sites for hydroxylation is 2. The standard InChI is InChI=1S/C24H28BrN5O/c1-16-9-10-20(25)21(11-16)26-24(31)19-12-17(2)30(14-18-7-5-4-6-8-18)23(13-19)22-15-29(3)28-27-22/h4-11,15,17,19,23H,12-14H2,1-3H3,(H,26,31). The molecule has 0 radical (unpaired) electrons. The third kappa shape index (κ3) is 5.05. The molecule has 6 nitrogen and oxygen atoms in total. The zero-order valence-electron chi connectivity index (χ0n) is 18.1. The van der Waals surface area contributed by atoms with Crippen LogP contribution in [0.25, 0.3) is 0 Å². The zero-order valence-corrected chi connectivity index (χ0v) is 19.7. The monoisotopic (exact) mass is 481 g/mol. The minimum absolute atomic E-state index is 0.0364. The first-order valence-electron chi connectivity index (χ1n) is 10.6. The summed E-state index contributed by atoms with van der Waals surface area (Å²) in [7, 11) is 1.88. The van der Waals surface area contributed by atoms with Gasteiger partial charge < -0.3 is 5.32 Å². The summed E-state index contributed by atoms with van der Waals surface area (Å²) < 4.78 is 2.63. The van der Waals surface area contributed by atoms with Gasteiger partial charge in [-0.1, -0.05) is 41.6 Å². The lowest BCUT2D eigenvalue weighted by Gasteiger charge is -2.43. The van der Waals surface area contributed by atoms with E-state index in [-0.39, 0.29) is 23.9 Å². The Morgan fingerprint density at radius 3 is 2.68 bits per heavy atom. The molecule has 0 spiro atoms. The van der Waals surface area contributed by atoms with Gasteiger partial charge in [0.15, 0.2) is 0 Å². The number of aromatic nitrogens is 3. The summed E-state index contributed by atoms with van der Waals surface area (Å²) in [4.78, 5) is 15.7. The van der Waals surface area contributed by atoms with Crippen LogP contribution in [0, 0.1) is 12.8 Å². The number of halogens is 1. The molecule has 1 fully saturated rings. The molecule has 0 bridgehead atoms. The van der Waals surface area contributed by atoms with Crippen molar-refractivity contribution in [2.24, 2.45) is 13.0 Å². The van der Waals surface area contributed by atoms with E-state index in [4.69, 9.17) is 0 Å². The smallest absolute Gasteiger partial charge is 0.227 e. The average Bonchev–Trinajstić information content (AvgIpc) is 3.19. The Labute approximate surface area is 191 Å². The Hall–Kier alpha value is -2.51. The molecule has 31 heavy (non-hydrogen) atoms. The number of hydrogen-bond donors (Lipinski definition) is 1. The Bertz CT molecular complexity index is 1050. The number of hydrogen-bond acceptors (Lipinski definition) is 4. The van der Waals surface area contributed by atoms with E-state index in [9.17, 15) is 4.79 Å². The van der Waals surface area contributed by atoms with E-state index < -0.39 is 0 Å². The second-order valence-corrected chi connectivity index (χ2v) is 9.34. The van der Waals surface area contributed by atoms with Crippen molar-refractivity contribution < 1.29 is 4.79 Å². The molecule has 4 rings (SSSR count). The lowest BCUT2D eigenvalue weighted by Crippen LogP contribution is -2.45. The van der Waals surface area contributed by atoms with Crippen LogP contribution in [-0.2, 0) is 18.4 Å². The second-order valence-electron chi connectivity index (χ2n) is 8.48. The van der Waals surface area contributed by atoms with Crippen LogP contribution in [0.5, 0.6) is 0 Å². The number of piperidine rings is 1. The Morgan fingerprint density at radius 2 is 1.97 bits per heavy atom. The van der Waals surface area contributed by atoms with Crippen LogP contribution in [0.2, 0.25) is 0 Å². The lowest BCUT2D eigenvalue weighted by molar-refractivity contribution is -0.123. The number of carbonyl (C=O) groups excluding carboxylic acids is 1. The Kier molecular flexibility index (Phi) is 6.53. The molecule has 7 heteroatoms. The maximum Gasteiger partial charge on any atom is 0.227 e. The predicted molar refractivity (Wildman–Crippen MR) is 125 cm³/mol. The highest BCUT2D eigenvalue weighted by molar-refractivity contribution is 9.10. The van der Waals surface area contributed by atoms with Crippen molar-refractivity contribution in [3.8, 4) is 0 Å². The van der Waals surface area contributed by atoms with E-state index in [1.54, 1.807) is 4.68 Å². The molecule has 1 aromatic heterocycles. The summed E-state index contributed by atoms with van der Waals surface area (Å²) in [6.07, 6.45) is 3.48. The van der Waals surface area contributed by atoms with Crippen molar-refractivity contribution in [3.05, 3.63) is 76.0 Å². The van der Waals surface area contributed by atoms with Gasteiger partial charge in [-0.3, -0.25) is 14.4 Å². The third-order valence-corrected chi connectivity index (χ3v) is 6.71. The third-order valence-electron chi connectivity index (χ3n) is 6.02. The Morgan fingerprint density at radius 1 is 1.19 bits per heavy atom. The van der Waals surface area contributed by atoms with Crippen molar-refractivity contribution >= 4 is 27.5 Å². The minimum Gasteiger partial charge on any atom is -0.325 e. The van der Waals surface area contributed by atoms with Crippen molar-refractivity contribution in [3.63, 3.8) is 0 Å². The first-order chi connectivity index (χ1) is 14.9. The highest BCUT2D eigenvalue weighted by Crippen LogP contribution is 2.38. The molecular weight excluding hydrogens is 454 g/mol. The number of nitrogens with one attached hydrogen (secondary N) is 1. The fourth-order valence-electron chi connectivity index (χ4n) is 4.41. The molecule has 0 aliphatic carbocycles. The largest absolute Gasteiger partial charge is 0.325 e.